The first-order valence-electron chi connectivity index (χ1n) is 9.23. The second kappa shape index (κ2) is 7.24. The van der Waals surface area contributed by atoms with E-state index in [2.05, 4.69) is 43.0 Å². The maximum atomic E-state index is 13.6. The Morgan fingerprint density at radius 1 is 1.29 bits per heavy atom. The van der Waals surface area contributed by atoms with Gasteiger partial charge in [0.05, 0.1) is 5.41 Å². The highest BCUT2D eigenvalue weighted by Gasteiger charge is 2.45. The zero-order valence-corrected chi connectivity index (χ0v) is 15.0. The highest BCUT2D eigenvalue weighted by Crippen LogP contribution is 2.38. The van der Waals surface area contributed by atoms with Gasteiger partial charge in [-0.1, -0.05) is 29.8 Å². The molecule has 4 nitrogen and oxygen atoms in total. The quantitative estimate of drug-likeness (QED) is 0.927. The Labute approximate surface area is 145 Å². The van der Waals surface area contributed by atoms with Crippen LogP contribution in [-0.4, -0.2) is 43.2 Å². The second-order valence-electron chi connectivity index (χ2n) is 7.57. The number of nitrogens with two attached hydrogens (primary N) is 1. The average molecular weight is 330 g/mol. The third kappa shape index (κ3) is 3.35. The minimum atomic E-state index is -0.425. The van der Waals surface area contributed by atoms with Gasteiger partial charge in [0.15, 0.2) is 0 Å². The highest BCUT2D eigenvalue weighted by atomic mass is 16.5. The van der Waals surface area contributed by atoms with Gasteiger partial charge in [-0.15, -0.1) is 0 Å². The van der Waals surface area contributed by atoms with Crippen LogP contribution in [0.3, 0.4) is 0 Å². The van der Waals surface area contributed by atoms with E-state index in [0.717, 1.165) is 44.3 Å². The van der Waals surface area contributed by atoms with Crippen molar-refractivity contribution in [3.63, 3.8) is 0 Å². The van der Waals surface area contributed by atoms with E-state index in [1.165, 1.54) is 5.56 Å². The molecular formula is C20H30N2O2. The predicted octanol–water partition coefficient (Wildman–Crippen LogP) is 2.63. The van der Waals surface area contributed by atoms with E-state index in [1.807, 2.05) is 0 Å². The van der Waals surface area contributed by atoms with Gasteiger partial charge in [-0.3, -0.25) is 4.79 Å². The van der Waals surface area contributed by atoms with Gasteiger partial charge in [0.2, 0.25) is 5.91 Å². The summed E-state index contributed by atoms with van der Waals surface area (Å²) in [5, 5.41) is 0. The minimum absolute atomic E-state index is 0.144. The van der Waals surface area contributed by atoms with Crippen molar-refractivity contribution >= 4 is 5.91 Å². The number of nitrogens with zero attached hydrogens (tertiary/aromatic N) is 1. The number of carbonyl (C=O) groups is 1. The van der Waals surface area contributed by atoms with E-state index in [-0.39, 0.29) is 11.9 Å². The van der Waals surface area contributed by atoms with Crippen molar-refractivity contribution < 1.29 is 9.53 Å². The van der Waals surface area contributed by atoms with Crippen molar-refractivity contribution in [3.05, 3.63) is 35.4 Å². The van der Waals surface area contributed by atoms with E-state index in [1.54, 1.807) is 0 Å². The van der Waals surface area contributed by atoms with Crippen LogP contribution in [-0.2, 0) is 14.9 Å². The Hall–Kier alpha value is -1.39. The van der Waals surface area contributed by atoms with Gasteiger partial charge in [0.1, 0.15) is 0 Å². The summed E-state index contributed by atoms with van der Waals surface area (Å²) in [6.45, 7) is 7.11. The summed E-state index contributed by atoms with van der Waals surface area (Å²) in [6.07, 6.45) is 3.73. The molecule has 24 heavy (non-hydrogen) atoms. The summed E-state index contributed by atoms with van der Waals surface area (Å²) in [5.74, 6) is 0.692. The summed E-state index contributed by atoms with van der Waals surface area (Å²) >= 11 is 0. The zero-order chi connectivity index (χ0) is 17.2. The number of aryl methyl sites for hydroxylation is 1. The van der Waals surface area contributed by atoms with Gasteiger partial charge in [-0.05, 0) is 51.0 Å². The van der Waals surface area contributed by atoms with Crippen molar-refractivity contribution in [2.75, 3.05) is 26.3 Å². The molecular weight excluding hydrogens is 300 g/mol. The lowest BCUT2D eigenvalue weighted by atomic mass is 9.72. The number of hydrogen-bond acceptors (Lipinski definition) is 3. The molecule has 4 heteroatoms. The molecule has 0 spiro atoms. The number of likely N-dealkylation sites (tertiary alicyclic amines) is 1. The van der Waals surface area contributed by atoms with Gasteiger partial charge in [0.25, 0.3) is 0 Å². The molecule has 0 saturated carbocycles. The molecule has 2 aliphatic heterocycles. The molecule has 2 fully saturated rings. The molecule has 1 amide bonds. The SMILES string of the molecule is Cc1ccc(C2(C(=O)N3CCCC(C(C)N)C3)CCOCC2)cc1. The van der Waals surface area contributed by atoms with Crippen molar-refractivity contribution in [2.24, 2.45) is 11.7 Å². The Kier molecular flexibility index (Phi) is 5.26. The number of rotatable bonds is 3. The number of ether oxygens (including phenoxy) is 1. The normalized spacial score (nSPS) is 25.3. The van der Waals surface area contributed by atoms with Crippen LogP contribution in [0, 0.1) is 12.8 Å². The fourth-order valence-electron chi connectivity index (χ4n) is 4.14. The number of amides is 1. The Morgan fingerprint density at radius 3 is 2.58 bits per heavy atom. The molecule has 0 radical (unpaired) electrons. The fourth-order valence-corrected chi connectivity index (χ4v) is 4.14. The molecule has 0 aliphatic carbocycles. The smallest absolute Gasteiger partial charge is 0.233 e. The van der Waals surface area contributed by atoms with Crippen molar-refractivity contribution in [1.29, 1.82) is 0 Å². The second-order valence-corrected chi connectivity index (χ2v) is 7.57. The number of hydrogen-bond donors (Lipinski definition) is 1. The highest BCUT2D eigenvalue weighted by molar-refractivity contribution is 5.88. The number of benzene rings is 1. The van der Waals surface area contributed by atoms with Crippen LogP contribution in [0.1, 0.15) is 43.7 Å². The summed E-state index contributed by atoms with van der Waals surface area (Å²) < 4.78 is 5.58. The molecule has 3 rings (SSSR count). The molecule has 2 atom stereocenters. The van der Waals surface area contributed by atoms with E-state index < -0.39 is 5.41 Å². The first kappa shape index (κ1) is 17.4. The fraction of sp³-hybridized carbons (Fsp3) is 0.650. The zero-order valence-electron chi connectivity index (χ0n) is 15.0. The molecule has 0 aromatic heterocycles. The lowest BCUT2D eigenvalue weighted by molar-refractivity contribution is -0.143. The van der Waals surface area contributed by atoms with Crippen molar-refractivity contribution in [3.8, 4) is 0 Å². The summed E-state index contributed by atoms with van der Waals surface area (Å²) in [7, 11) is 0. The predicted molar refractivity (Wildman–Crippen MR) is 95.9 cm³/mol. The van der Waals surface area contributed by atoms with E-state index >= 15 is 0 Å². The first-order chi connectivity index (χ1) is 11.5. The Balaban J connectivity index is 1.88. The number of piperidine rings is 1. The van der Waals surface area contributed by atoms with Crippen LogP contribution in [0.2, 0.25) is 0 Å². The molecule has 1 aromatic rings. The minimum Gasteiger partial charge on any atom is -0.381 e. The van der Waals surface area contributed by atoms with Crippen LogP contribution in [0.5, 0.6) is 0 Å². The maximum Gasteiger partial charge on any atom is 0.233 e. The van der Waals surface area contributed by atoms with Gasteiger partial charge < -0.3 is 15.4 Å². The molecule has 2 unspecified atom stereocenters. The Morgan fingerprint density at radius 2 is 1.96 bits per heavy atom. The molecule has 2 heterocycles. The van der Waals surface area contributed by atoms with Crippen LogP contribution in [0.4, 0.5) is 0 Å². The largest absolute Gasteiger partial charge is 0.381 e. The molecule has 2 saturated heterocycles. The topological polar surface area (TPSA) is 55.6 Å². The summed E-state index contributed by atoms with van der Waals surface area (Å²) in [4.78, 5) is 15.6. The third-order valence-corrected chi connectivity index (χ3v) is 5.85. The van der Waals surface area contributed by atoms with Crippen molar-refractivity contribution in [1.82, 2.24) is 4.90 Å². The van der Waals surface area contributed by atoms with E-state index in [4.69, 9.17) is 10.5 Å². The standard InChI is InChI=1S/C20H30N2O2/c1-15-5-7-18(8-6-15)20(9-12-24-13-10-20)19(23)22-11-3-4-17(14-22)16(2)21/h5-8,16-17H,3-4,9-14,21H2,1-2H3. The van der Waals surface area contributed by atoms with Gasteiger partial charge in [0, 0.05) is 32.3 Å². The van der Waals surface area contributed by atoms with Crippen LogP contribution >= 0.6 is 0 Å². The van der Waals surface area contributed by atoms with Crippen molar-refractivity contribution in [2.45, 2.75) is 51.0 Å². The summed E-state index contributed by atoms with van der Waals surface area (Å²) in [6, 6.07) is 8.63. The van der Waals surface area contributed by atoms with E-state index in [9.17, 15) is 4.79 Å². The molecule has 1 aromatic carbocycles. The van der Waals surface area contributed by atoms with E-state index in [0.29, 0.717) is 19.1 Å². The van der Waals surface area contributed by atoms with Crippen LogP contribution in [0.25, 0.3) is 0 Å². The molecule has 2 aliphatic rings. The van der Waals surface area contributed by atoms with Crippen LogP contribution < -0.4 is 5.73 Å². The average Bonchev–Trinajstić information content (AvgIpc) is 2.62. The lowest BCUT2D eigenvalue weighted by Gasteiger charge is -2.43. The first-order valence-corrected chi connectivity index (χ1v) is 9.23. The summed E-state index contributed by atoms with van der Waals surface area (Å²) in [5.41, 5.74) is 8.05. The Bertz CT molecular complexity index is 562. The van der Waals surface area contributed by atoms with Gasteiger partial charge in [-0.25, -0.2) is 0 Å². The molecule has 132 valence electrons. The van der Waals surface area contributed by atoms with Gasteiger partial charge >= 0.3 is 0 Å². The lowest BCUT2D eigenvalue weighted by Crippen LogP contribution is -2.54. The van der Waals surface area contributed by atoms with Crippen LogP contribution in [0.15, 0.2) is 24.3 Å². The third-order valence-electron chi connectivity index (χ3n) is 5.85. The molecule has 2 N–H and O–H groups in total. The monoisotopic (exact) mass is 330 g/mol. The maximum absolute atomic E-state index is 13.6. The van der Waals surface area contributed by atoms with Gasteiger partial charge in [-0.2, -0.15) is 0 Å². The number of carbonyl (C=O) groups excluding carboxylic acids is 1. The molecule has 0 bridgehead atoms.